The number of allylic oxidation sites excluding steroid dienone is 7. The maximum Gasteiger partial charge on any atom is 0.0713 e. The second kappa shape index (κ2) is 7.93. The molecule has 0 amide bonds. The SMILES string of the molecule is C=C/C=C(\C=C/C=C(C)C)C1(c2ccccc2)c2ccccc2-c2ccccc21. The van der Waals surface area contributed by atoms with E-state index in [0.717, 1.165) is 0 Å². The molecular formula is C29H26. The van der Waals surface area contributed by atoms with Crippen LogP contribution in [0.25, 0.3) is 11.1 Å². The number of benzene rings is 3. The Hall–Kier alpha value is -3.38. The minimum atomic E-state index is -0.366. The summed E-state index contributed by atoms with van der Waals surface area (Å²) in [6, 6.07) is 28.4. The van der Waals surface area contributed by atoms with Crippen LogP contribution in [0.2, 0.25) is 0 Å². The molecule has 0 aliphatic heterocycles. The Morgan fingerprint density at radius 2 is 1.28 bits per heavy atom. The number of hydrogen-bond donors (Lipinski definition) is 0. The maximum absolute atomic E-state index is 4.03. The summed E-state index contributed by atoms with van der Waals surface area (Å²) in [4.78, 5) is 0. The van der Waals surface area contributed by atoms with Crippen LogP contribution in [-0.4, -0.2) is 0 Å². The Kier molecular flexibility index (Phi) is 5.18. The van der Waals surface area contributed by atoms with Gasteiger partial charge >= 0.3 is 0 Å². The Balaban J connectivity index is 2.12. The van der Waals surface area contributed by atoms with Crippen molar-refractivity contribution in [3.05, 3.63) is 144 Å². The van der Waals surface area contributed by atoms with Crippen LogP contribution >= 0.6 is 0 Å². The van der Waals surface area contributed by atoms with Gasteiger partial charge in [0.1, 0.15) is 0 Å². The summed E-state index contributed by atoms with van der Waals surface area (Å²) in [6.45, 7) is 8.26. The van der Waals surface area contributed by atoms with Crippen LogP contribution in [0.5, 0.6) is 0 Å². The van der Waals surface area contributed by atoms with Gasteiger partial charge in [0.2, 0.25) is 0 Å². The van der Waals surface area contributed by atoms with Crippen LogP contribution in [0.4, 0.5) is 0 Å². The van der Waals surface area contributed by atoms with Gasteiger partial charge in [-0.3, -0.25) is 0 Å². The van der Waals surface area contributed by atoms with Crippen LogP contribution < -0.4 is 0 Å². The molecule has 0 saturated heterocycles. The quantitative estimate of drug-likeness (QED) is 0.403. The zero-order valence-electron chi connectivity index (χ0n) is 17.1. The van der Waals surface area contributed by atoms with Crippen LogP contribution in [-0.2, 0) is 5.41 Å². The van der Waals surface area contributed by atoms with Crippen molar-refractivity contribution in [2.24, 2.45) is 0 Å². The van der Waals surface area contributed by atoms with E-state index in [1.54, 1.807) is 0 Å². The van der Waals surface area contributed by atoms with E-state index in [-0.39, 0.29) is 5.41 Å². The summed E-state index contributed by atoms with van der Waals surface area (Å²) in [7, 11) is 0. The van der Waals surface area contributed by atoms with Crippen molar-refractivity contribution in [2.45, 2.75) is 19.3 Å². The molecule has 0 saturated carbocycles. The van der Waals surface area contributed by atoms with Gasteiger partial charge in [-0.2, -0.15) is 0 Å². The highest BCUT2D eigenvalue weighted by Gasteiger charge is 2.46. The highest BCUT2D eigenvalue weighted by molar-refractivity contribution is 5.86. The first-order chi connectivity index (χ1) is 14.2. The first kappa shape index (κ1) is 19.0. The summed E-state index contributed by atoms with van der Waals surface area (Å²) in [5.41, 5.74) is 8.65. The molecule has 1 aliphatic carbocycles. The van der Waals surface area contributed by atoms with Gasteiger partial charge in [0.05, 0.1) is 5.41 Å². The van der Waals surface area contributed by atoms with Crippen molar-refractivity contribution in [1.29, 1.82) is 0 Å². The molecule has 1 aliphatic rings. The molecule has 3 aromatic rings. The van der Waals surface area contributed by atoms with Gasteiger partial charge in [0, 0.05) is 0 Å². The van der Waals surface area contributed by atoms with Crippen LogP contribution in [0.1, 0.15) is 30.5 Å². The standard InChI is InChI=1S/C29H26/c1-4-13-23(17-12-14-22(2)3)29(24-15-6-5-7-16-24)27-20-10-8-18-25(27)26-19-9-11-21-28(26)29/h4-21H,1H2,2-3H3/b17-12-,23-13+. The number of rotatable bonds is 5. The van der Waals surface area contributed by atoms with Gasteiger partial charge < -0.3 is 0 Å². The smallest absolute Gasteiger partial charge is 0.0713 e. The fraction of sp³-hybridized carbons (Fsp3) is 0.103. The average Bonchev–Trinajstić information content (AvgIpc) is 3.05. The third kappa shape index (κ3) is 3.11. The molecule has 4 rings (SSSR count). The van der Waals surface area contributed by atoms with Gasteiger partial charge in [0.25, 0.3) is 0 Å². The van der Waals surface area contributed by atoms with Crippen molar-refractivity contribution < 1.29 is 0 Å². The van der Waals surface area contributed by atoms with Gasteiger partial charge in [0.15, 0.2) is 0 Å². The topological polar surface area (TPSA) is 0 Å². The lowest BCUT2D eigenvalue weighted by molar-refractivity contribution is 0.767. The first-order valence-corrected chi connectivity index (χ1v) is 10.1. The molecule has 0 N–H and O–H groups in total. The van der Waals surface area contributed by atoms with Crippen molar-refractivity contribution >= 4 is 0 Å². The molecule has 0 bridgehead atoms. The predicted octanol–water partition coefficient (Wildman–Crippen LogP) is 7.64. The van der Waals surface area contributed by atoms with Crippen LogP contribution in [0.15, 0.2) is 127 Å². The second-order valence-electron chi connectivity index (χ2n) is 7.67. The van der Waals surface area contributed by atoms with E-state index in [0.29, 0.717) is 0 Å². The zero-order valence-corrected chi connectivity index (χ0v) is 17.1. The molecule has 142 valence electrons. The predicted molar refractivity (Wildman–Crippen MR) is 125 cm³/mol. The zero-order chi connectivity index (χ0) is 20.3. The highest BCUT2D eigenvalue weighted by atomic mass is 14.5. The van der Waals surface area contributed by atoms with Crippen LogP contribution in [0.3, 0.4) is 0 Å². The summed E-state index contributed by atoms with van der Waals surface area (Å²) in [5.74, 6) is 0. The van der Waals surface area contributed by atoms with E-state index in [9.17, 15) is 0 Å². The molecule has 0 heteroatoms. The third-order valence-electron chi connectivity index (χ3n) is 5.59. The fourth-order valence-corrected chi connectivity index (χ4v) is 4.49. The molecule has 0 radical (unpaired) electrons. The molecule has 0 fully saturated rings. The molecule has 0 unspecified atom stereocenters. The second-order valence-corrected chi connectivity index (χ2v) is 7.67. The Morgan fingerprint density at radius 1 is 0.724 bits per heavy atom. The van der Waals surface area contributed by atoms with Crippen molar-refractivity contribution in [3.63, 3.8) is 0 Å². The van der Waals surface area contributed by atoms with Crippen molar-refractivity contribution in [1.82, 2.24) is 0 Å². The van der Waals surface area contributed by atoms with E-state index >= 15 is 0 Å². The van der Waals surface area contributed by atoms with Gasteiger partial charge in [-0.1, -0.05) is 121 Å². The van der Waals surface area contributed by atoms with E-state index in [1.165, 1.54) is 39.0 Å². The Morgan fingerprint density at radius 3 is 1.83 bits per heavy atom. The summed E-state index contributed by atoms with van der Waals surface area (Å²) < 4.78 is 0. The van der Waals surface area contributed by atoms with Crippen molar-refractivity contribution in [3.8, 4) is 11.1 Å². The van der Waals surface area contributed by atoms with E-state index < -0.39 is 0 Å². The lowest BCUT2D eigenvalue weighted by Crippen LogP contribution is -2.29. The molecular weight excluding hydrogens is 348 g/mol. The molecule has 0 nitrogen and oxygen atoms in total. The molecule has 3 aromatic carbocycles. The van der Waals surface area contributed by atoms with E-state index in [1.807, 2.05) is 6.08 Å². The number of fused-ring (bicyclic) bond motifs is 3. The maximum atomic E-state index is 4.03. The van der Waals surface area contributed by atoms with Gasteiger partial charge in [-0.25, -0.2) is 0 Å². The molecule has 29 heavy (non-hydrogen) atoms. The summed E-state index contributed by atoms with van der Waals surface area (Å²) in [6.07, 6.45) is 10.6. The monoisotopic (exact) mass is 374 g/mol. The molecule has 0 spiro atoms. The normalized spacial score (nSPS) is 14.3. The van der Waals surface area contributed by atoms with E-state index in [4.69, 9.17) is 0 Å². The lowest BCUT2D eigenvalue weighted by atomic mass is 9.67. The highest BCUT2D eigenvalue weighted by Crippen LogP contribution is 2.56. The largest absolute Gasteiger partial charge is 0.0991 e. The Bertz CT molecular complexity index is 1070. The minimum absolute atomic E-state index is 0.366. The van der Waals surface area contributed by atoms with Gasteiger partial charge in [-0.15, -0.1) is 0 Å². The molecule has 0 atom stereocenters. The minimum Gasteiger partial charge on any atom is -0.0991 e. The first-order valence-electron chi connectivity index (χ1n) is 10.1. The average molecular weight is 375 g/mol. The third-order valence-corrected chi connectivity index (χ3v) is 5.59. The molecule has 0 heterocycles. The van der Waals surface area contributed by atoms with Gasteiger partial charge in [-0.05, 0) is 47.2 Å². The number of hydrogen-bond acceptors (Lipinski definition) is 0. The van der Waals surface area contributed by atoms with E-state index in [2.05, 4.69) is 124 Å². The molecule has 0 aromatic heterocycles. The fourth-order valence-electron chi connectivity index (χ4n) is 4.49. The van der Waals surface area contributed by atoms with Crippen molar-refractivity contribution in [2.75, 3.05) is 0 Å². The summed E-state index contributed by atoms with van der Waals surface area (Å²) >= 11 is 0. The van der Waals surface area contributed by atoms with Crippen LogP contribution in [0, 0.1) is 0 Å². The summed E-state index contributed by atoms with van der Waals surface area (Å²) in [5, 5.41) is 0. The lowest BCUT2D eigenvalue weighted by Gasteiger charge is -2.34. The Labute approximate surface area is 174 Å².